The quantitative estimate of drug-likeness (QED) is 0.868. The van der Waals surface area contributed by atoms with Crippen LogP contribution in [0.5, 0.6) is 0 Å². The molecule has 0 spiro atoms. The zero-order valence-corrected chi connectivity index (χ0v) is 15.6. The fourth-order valence-corrected chi connectivity index (χ4v) is 3.63. The molecule has 1 aliphatic heterocycles. The Morgan fingerprint density at radius 2 is 1.96 bits per heavy atom. The first-order valence-corrected chi connectivity index (χ1v) is 9.44. The molecular formula is C21H28N4O. The number of rotatable bonds is 6. The predicted octanol–water partition coefficient (Wildman–Crippen LogP) is 2.88. The van der Waals surface area contributed by atoms with Gasteiger partial charge in [0.25, 0.3) is 5.91 Å². The highest BCUT2D eigenvalue weighted by molar-refractivity contribution is 5.94. The lowest BCUT2D eigenvalue weighted by atomic mass is 9.95. The Morgan fingerprint density at radius 3 is 2.58 bits per heavy atom. The molecule has 5 heteroatoms. The van der Waals surface area contributed by atoms with E-state index in [1.165, 1.54) is 5.56 Å². The largest absolute Gasteiger partial charge is 0.357 e. The summed E-state index contributed by atoms with van der Waals surface area (Å²) in [6, 6.07) is 14.0. The molecule has 1 saturated heterocycles. The van der Waals surface area contributed by atoms with Crippen LogP contribution >= 0.6 is 0 Å². The van der Waals surface area contributed by atoms with Crippen LogP contribution in [0.25, 0.3) is 0 Å². The van der Waals surface area contributed by atoms with Gasteiger partial charge in [-0.1, -0.05) is 37.3 Å². The summed E-state index contributed by atoms with van der Waals surface area (Å²) in [4.78, 5) is 21.4. The zero-order valence-electron chi connectivity index (χ0n) is 15.6. The van der Waals surface area contributed by atoms with Crippen LogP contribution in [0.4, 0.5) is 5.82 Å². The van der Waals surface area contributed by atoms with Crippen LogP contribution < -0.4 is 10.6 Å². The van der Waals surface area contributed by atoms with E-state index < -0.39 is 0 Å². The van der Waals surface area contributed by atoms with Gasteiger partial charge in [-0.15, -0.1) is 0 Å². The number of carbonyl (C=O) groups is 1. The Morgan fingerprint density at radius 1 is 1.19 bits per heavy atom. The Bertz CT molecular complexity index is 717. The van der Waals surface area contributed by atoms with Gasteiger partial charge in [-0.25, -0.2) is 4.98 Å². The third-order valence-electron chi connectivity index (χ3n) is 5.07. The van der Waals surface area contributed by atoms with Gasteiger partial charge in [-0.05, 0) is 31.0 Å². The Labute approximate surface area is 155 Å². The minimum Gasteiger partial charge on any atom is -0.357 e. The first-order valence-electron chi connectivity index (χ1n) is 9.44. The number of amides is 1. The van der Waals surface area contributed by atoms with Crippen molar-refractivity contribution in [3.8, 4) is 0 Å². The van der Waals surface area contributed by atoms with E-state index in [-0.39, 0.29) is 17.9 Å². The van der Waals surface area contributed by atoms with Gasteiger partial charge in [0.1, 0.15) is 5.82 Å². The molecule has 1 aromatic carbocycles. The fraction of sp³-hybridized carbons (Fsp3) is 0.429. The Kier molecular flexibility index (Phi) is 5.89. The van der Waals surface area contributed by atoms with Crippen molar-refractivity contribution in [3.05, 3.63) is 59.8 Å². The molecule has 26 heavy (non-hydrogen) atoms. The van der Waals surface area contributed by atoms with Gasteiger partial charge in [0.2, 0.25) is 0 Å². The van der Waals surface area contributed by atoms with Crippen molar-refractivity contribution in [2.75, 3.05) is 31.1 Å². The molecule has 0 radical (unpaired) electrons. The molecule has 1 fully saturated rings. The smallest absolute Gasteiger partial charge is 0.255 e. The number of anilines is 1. The number of nitrogens with zero attached hydrogens (tertiary/aromatic N) is 3. The van der Waals surface area contributed by atoms with Crippen molar-refractivity contribution in [1.82, 2.24) is 9.88 Å². The van der Waals surface area contributed by atoms with Crippen molar-refractivity contribution in [2.24, 2.45) is 5.73 Å². The monoisotopic (exact) mass is 352 g/mol. The molecular weight excluding hydrogens is 324 g/mol. The van der Waals surface area contributed by atoms with Crippen molar-refractivity contribution in [1.29, 1.82) is 0 Å². The van der Waals surface area contributed by atoms with Gasteiger partial charge in [0, 0.05) is 44.3 Å². The average Bonchev–Trinajstić information content (AvgIpc) is 3.08. The van der Waals surface area contributed by atoms with E-state index in [2.05, 4.69) is 35.9 Å². The summed E-state index contributed by atoms with van der Waals surface area (Å²) < 4.78 is 0. The second kappa shape index (κ2) is 8.32. The molecule has 5 nitrogen and oxygen atoms in total. The van der Waals surface area contributed by atoms with Crippen LogP contribution in [0.1, 0.15) is 42.1 Å². The topological polar surface area (TPSA) is 62.5 Å². The number of benzene rings is 1. The maximum atomic E-state index is 12.9. The molecule has 1 aromatic heterocycles. The van der Waals surface area contributed by atoms with Gasteiger partial charge in [0.15, 0.2) is 0 Å². The van der Waals surface area contributed by atoms with Crippen molar-refractivity contribution >= 4 is 11.7 Å². The number of nitrogens with two attached hydrogens (primary N) is 1. The maximum Gasteiger partial charge on any atom is 0.255 e. The van der Waals surface area contributed by atoms with Gasteiger partial charge in [0.05, 0.1) is 5.56 Å². The molecule has 2 heterocycles. The molecule has 0 bridgehead atoms. The molecule has 0 saturated carbocycles. The molecule has 1 aliphatic rings. The molecule has 0 unspecified atom stereocenters. The Balaban J connectivity index is 1.70. The molecule has 1 amide bonds. The second-order valence-corrected chi connectivity index (χ2v) is 6.88. The van der Waals surface area contributed by atoms with Crippen molar-refractivity contribution in [2.45, 2.75) is 32.2 Å². The van der Waals surface area contributed by atoms with E-state index in [1.807, 2.05) is 35.2 Å². The van der Waals surface area contributed by atoms with Crippen LogP contribution in [-0.4, -0.2) is 48.0 Å². The summed E-state index contributed by atoms with van der Waals surface area (Å²) in [6.07, 6.45) is 2.76. The Hall–Kier alpha value is -2.40. The average molecular weight is 352 g/mol. The summed E-state index contributed by atoms with van der Waals surface area (Å²) in [5.41, 5.74) is 8.14. The number of carbonyl (C=O) groups excluding carboxylic acids is 1. The highest BCUT2D eigenvalue weighted by atomic mass is 16.2. The molecule has 2 N–H and O–H groups in total. The normalized spacial score (nSPS) is 19.6. The minimum atomic E-state index is -0.0336. The first kappa shape index (κ1) is 18.4. The summed E-state index contributed by atoms with van der Waals surface area (Å²) in [6.45, 7) is 7.39. The summed E-state index contributed by atoms with van der Waals surface area (Å²) in [7, 11) is 0. The molecule has 2 aromatic rings. The van der Waals surface area contributed by atoms with Crippen molar-refractivity contribution in [3.63, 3.8) is 0 Å². The van der Waals surface area contributed by atoms with E-state index in [4.69, 9.17) is 5.73 Å². The first-order chi connectivity index (χ1) is 12.6. The van der Waals surface area contributed by atoms with E-state index in [0.717, 1.165) is 25.3 Å². The third-order valence-corrected chi connectivity index (χ3v) is 5.07. The standard InChI is InChI=1S/C21H28N4O/c1-3-12-24(4-2)20-11-10-17(13-23-20)21(26)25-14-18(19(22)15-25)16-8-6-5-7-9-16/h5-11,13,18-19H,3-4,12,14-15,22H2,1-2H3/t18-,19+/m0/s1. The number of aromatic nitrogens is 1. The molecule has 138 valence electrons. The summed E-state index contributed by atoms with van der Waals surface area (Å²) in [5.74, 6) is 1.12. The van der Waals surface area contributed by atoms with Gasteiger partial charge < -0.3 is 15.5 Å². The molecule has 0 aliphatic carbocycles. The highest BCUT2D eigenvalue weighted by Crippen LogP contribution is 2.27. The molecule has 2 atom stereocenters. The number of pyridine rings is 1. The summed E-state index contributed by atoms with van der Waals surface area (Å²) >= 11 is 0. The summed E-state index contributed by atoms with van der Waals surface area (Å²) in [5, 5.41) is 0. The second-order valence-electron chi connectivity index (χ2n) is 6.88. The predicted molar refractivity (Wildman–Crippen MR) is 105 cm³/mol. The fourth-order valence-electron chi connectivity index (χ4n) is 3.63. The van der Waals surface area contributed by atoms with Gasteiger partial charge in [-0.2, -0.15) is 0 Å². The molecule has 3 rings (SSSR count). The van der Waals surface area contributed by atoms with Crippen LogP contribution in [0, 0.1) is 0 Å². The SMILES string of the molecule is CCCN(CC)c1ccc(C(=O)N2C[C@@H](N)[C@H](c3ccccc3)C2)cn1. The van der Waals surface area contributed by atoms with Crippen LogP contribution in [0.3, 0.4) is 0 Å². The van der Waals surface area contributed by atoms with E-state index in [0.29, 0.717) is 18.7 Å². The number of likely N-dealkylation sites (tertiary alicyclic amines) is 1. The van der Waals surface area contributed by atoms with Crippen LogP contribution in [0.15, 0.2) is 48.7 Å². The minimum absolute atomic E-state index is 0.0106. The number of hydrogen-bond donors (Lipinski definition) is 1. The van der Waals surface area contributed by atoms with Gasteiger partial charge >= 0.3 is 0 Å². The van der Waals surface area contributed by atoms with E-state index in [9.17, 15) is 4.79 Å². The van der Waals surface area contributed by atoms with Gasteiger partial charge in [-0.3, -0.25) is 4.79 Å². The van der Waals surface area contributed by atoms with Crippen molar-refractivity contribution < 1.29 is 4.79 Å². The van der Waals surface area contributed by atoms with E-state index in [1.54, 1.807) is 6.20 Å². The van der Waals surface area contributed by atoms with Crippen LogP contribution in [-0.2, 0) is 0 Å². The number of hydrogen-bond acceptors (Lipinski definition) is 4. The maximum absolute atomic E-state index is 12.9. The lowest BCUT2D eigenvalue weighted by Crippen LogP contribution is -2.32. The lowest BCUT2D eigenvalue weighted by molar-refractivity contribution is 0.0789. The third kappa shape index (κ3) is 3.88. The van der Waals surface area contributed by atoms with Crippen LogP contribution in [0.2, 0.25) is 0 Å². The highest BCUT2D eigenvalue weighted by Gasteiger charge is 2.34. The zero-order chi connectivity index (χ0) is 18.5. The van der Waals surface area contributed by atoms with E-state index >= 15 is 0 Å². The lowest BCUT2D eigenvalue weighted by Gasteiger charge is -2.21.